The van der Waals surface area contributed by atoms with Crippen molar-refractivity contribution in [2.45, 2.75) is 6.04 Å². The largest absolute Gasteiger partial charge is 0.349 e. The molecule has 1 aliphatic heterocycles. The molecule has 104 valence electrons. The van der Waals surface area contributed by atoms with Gasteiger partial charge in [-0.2, -0.15) is 0 Å². The van der Waals surface area contributed by atoms with Crippen LogP contribution in [0.25, 0.3) is 0 Å². The first-order valence-corrected chi connectivity index (χ1v) is 7.59. The predicted octanol–water partition coefficient (Wildman–Crippen LogP) is 4.13. The normalized spacial score (nSPS) is 18.1. The number of thiocarbonyl (C=S) groups is 2. The summed E-state index contributed by atoms with van der Waals surface area (Å²) in [6.45, 7) is 0. The van der Waals surface area contributed by atoms with Crippen LogP contribution in [0, 0.1) is 0 Å². The van der Waals surface area contributed by atoms with Crippen molar-refractivity contribution in [2.75, 3.05) is 0 Å². The molecule has 0 bridgehead atoms. The number of rotatable bonds is 2. The van der Waals surface area contributed by atoms with Gasteiger partial charge in [-0.15, -0.1) is 0 Å². The van der Waals surface area contributed by atoms with Gasteiger partial charge in [0.2, 0.25) is 0 Å². The highest BCUT2D eigenvalue weighted by atomic mass is 35.5. The average molecular weight is 331 g/mol. The Kier molecular flexibility index (Phi) is 4.10. The molecule has 2 aromatic rings. The number of hydrogen-bond acceptors (Lipinski definition) is 2. The first-order valence-electron chi connectivity index (χ1n) is 6.39. The van der Waals surface area contributed by atoms with E-state index in [0.29, 0.717) is 10.1 Å². The molecule has 21 heavy (non-hydrogen) atoms. The van der Waals surface area contributed by atoms with E-state index >= 15 is 0 Å². The number of halogens is 1. The fraction of sp³-hybridized carbons (Fsp3) is 0.0625. The van der Waals surface area contributed by atoms with Gasteiger partial charge in [0.25, 0.3) is 0 Å². The average Bonchev–Trinajstić information content (AvgIpc) is 2.51. The van der Waals surface area contributed by atoms with E-state index in [1.165, 1.54) is 0 Å². The van der Waals surface area contributed by atoms with Crippen LogP contribution in [0.5, 0.6) is 0 Å². The van der Waals surface area contributed by atoms with Crippen molar-refractivity contribution < 1.29 is 0 Å². The molecule has 0 radical (unpaired) electrons. The van der Waals surface area contributed by atoms with E-state index in [9.17, 15) is 0 Å². The van der Waals surface area contributed by atoms with Crippen LogP contribution in [-0.2, 0) is 0 Å². The molecule has 0 aliphatic carbocycles. The Balaban J connectivity index is 2.00. The fourth-order valence-corrected chi connectivity index (χ4v) is 2.90. The topological polar surface area (TPSA) is 24.4 Å². The molecule has 0 spiro atoms. The van der Waals surface area contributed by atoms with E-state index in [0.717, 1.165) is 21.7 Å². The predicted molar refractivity (Wildman–Crippen MR) is 95.5 cm³/mol. The van der Waals surface area contributed by atoms with Gasteiger partial charge in [-0.1, -0.05) is 66.3 Å². The van der Waals surface area contributed by atoms with Crippen LogP contribution in [0.3, 0.4) is 0 Å². The third-order valence-electron chi connectivity index (χ3n) is 3.23. The second-order valence-corrected chi connectivity index (χ2v) is 5.89. The Labute approximate surface area is 138 Å². The zero-order valence-corrected chi connectivity index (χ0v) is 13.3. The van der Waals surface area contributed by atoms with Gasteiger partial charge in [0, 0.05) is 10.6 Å². The lowest BCUT2D eigenvalue weighted by molar-refractivity contribution is 0.845. The third-order valence-corrected chi connectivity index (χ3v) is 4.12. The van der Waals surface area contributed by atoms with Crippen LogP contribution in [0.2, 0.25) is 5.02 Å². The van der Waals surface area contributed by atoms with Crippen LogP contribution in [0.15, 0.2) is 59.6 Å². The minimum atomic E-state index is -0.128. The number of aliphatic imine (C=N–C) groups is 1. The van der Waals surface area contributed by atoms with Gasteiger partial charge in [-0.05, 0) is 29.9 Å². The second kappa shape index (κ2) is 6.02. The van der Waals surface area contributed by atoms with Crippen LogP contribution in [0.1, 0.15) is 17.2 Å². The van der Waals surface area contributed by atoms with Crippen molar-refractivity contribution >= 4 is 51.7 Å². The minimum Gasteiger partial charge on any atom is -0.349 e. The van der Waals surface area contributed by atoms with Crippen LogP contribution < -0.4 is 5.32 Å². The monoisotopic (exact) mass is 330 g/mol. The molecule has 1 N–H and O–H groups in total. The molecule has 0 saturated carbocycles. The fourth-order valence-electron chi connectivity index (χ4n) is 2.21. The molecular formula is C16H11ClN2S2. The summed E-state index contributed by atoms with van der Waals surface area (Å²) >= 11 is 16.8. The Morgan fingerprint density at radius 3 is 2.29 bits per heavy atom. The van der Waals surface area contributed by atoms with Gasteiger partial charge in [-0.25, -0.2) is 4.99 Å². The summed E-state index contributed by atoms with van der Waals surface area (Å²) in [5.41, 5.74) is 2.74. The van der Waals surface area contributed by atoms with Gasteiger partial charge < -0.3 is 5.32 Å². The first kappa shape index (κ1) is 14.3. The van der Waals surface area contributed by atoms with E-state index in [4.69, 9.17) is 36.0 Å². The van der Waals surface area contributed by atoms with Crippen LogP contribution in [0.4, 0.5) is 0 Å². The highest BCUT2D eigenvalue weighted by molar-refractivity contribution is 7.82. The molecular weight excluding hydrogens is 320 g/mol. The first-order chi connectivity index (χ1) is 10.1. The second-order valence-electron chi connectivity index (χ2n) is 4.62. The molecule has 2 nitrogen and oxygen atoms in total. The number of nitrogens with zero attached hydrogens (tertiary/aromatic N) is 1. The van der Waals surface area contributed by atoms with Crippen molar-refractivity contribution in [3.05, 3.63) is 70.7 Å². The summed E-state index contributed by atoms with van der Waals surface area (Å²) in [5.74, 6) is 0. The van der Waals surface area contributed by atoms with Gasteiger partial charge in [0.05, 0.1) is 16.6 Å². The molecule has 3 rings (SSSR count). The van der Waals surface area contributed by atoms with Gasteiger partial charge in [-0.3, -0.25) is 0 Å². The summed E-state index contributed by atoms with van der Waals surface area (Å²) in [5, 5.41) is 4.30. The van der Waals surface area contributed by atoms with E-state index in [2.05, 4.69) is 10.3 Å². The Hall–Kier alpha value is -1.62. The number of nitrogens with one attached hydrogen (secondary N) is 1. The summed E-state index contributed by atoms with van der Waals surface area (Å²) in [6.07, 6.45) is 0. The lowest BCUT2D eigenvalue weighted by atomic mass is 9.96. The van der Waals surface area contributed by atoms with Crippen LogP contribution >= 0.6 is 36.0 Å². The maximum absolute atomic E-state index is 5.93. The van der Waals surface area contributed by atoms with Crippen molar-refractivity contribution in [1.82, 2.24) is 5.32 Å². The molecule has 5 heteroatoms. The van der Waals surface area contributed by atoms with Crippen molar-refractivity contribution in [1.29, 1.82) is 0 Å². The smallest absolute Gasteiger partial charge is 0.194 e. The molecule has 1 atom stereocenters. The van der Waals surface area contributed by atoms with E-state index in [1.54, 1.807) is 0 Å². The lowest BCUT2D eigenvalue weighted by Crippen LogP contribution is -2.40. The van der Waals surface area contributed by atoms with Crippen LogP contribution in [-0.4, -0.2) is 15.7 Å². The molecule has 1 aliphatic rings. The van der Waals surface area contributed by atoms with E-state index in [-0.39, 0.29) is 6.04 Å². The summed E-state index contributed by atoms with van der Waals surface area (Å²) < 4.78 is 0. The van der Waals surface area contributed by atoms with E-state index < -0.39 is 0 Å². The third kappa shape index (κ3) is 3.02. The molecule has 0 saturated heterocycles. The molecule has 1 heterocycles. The Morgan fingerprint density at radius 1 is 0.952 bits per heavy atom. The minimum absolute atomic E-state index is 0.128. The summed E-state index contributed by atoms with van der Waals surface area (Å²) in [4.78, 5) is 5.13. The highest BCUT2D eigenvalue weighted by Gasteiger charge is 2.27. The van der Waals surface area contributed by atoms with Gasteiger partial charge >= 0.3 is 0 Å². The standard InChI is InChI=1S/C16H11ClN2S2/c17-12-8-6-11(7-9-12)14-15(20)13(18-16(21)19-14)10-4-2-1-3-5-10/h1-9,13H,(H,18,21). The molecule has 2 aromatic carbocycles. The SMILES string of the molecule is S=C1N=C(c2ccc(Cl)cc2)C(=S)C(c2ccccc2)N1. The van der Waals surface area contributed by atoms with Crippen molar-refractivity contribution in [3.8, 4) is 0 Å². The zero-order valence-electron chi connectivity index (χ0n) is 10.9. The molecule has 0 amide bonds. The quantitative estimate of drug-likeness (QED) is 0.838. The Morgan fingerprint density at radius 2 is 1.62 bits per heavy atom. The summed E-state index contributed by atoms with van der Waals surface area (Å²) in [6, 6.07) is 17.3. The molecule has 1 unspecified atom stereocenters. The number of benzene rings is 2. The maximum Gasteiger partial charge on any atom is 0.194 e. The van der Waals surface area contributed by atoms with Crippen molar-refractivity contribution in [3.63, 3.8) is 0 Å². The van der Waals surface area contributed by atoms with Gasteiger partial charge in [0.1, 0.15) is 0 Å². The van der Waals surface area contributed by atoms with E-state index in [1.807, 2.05) is 54.6 Å². The number of hydrogen-bond donors (Lipinski definition) is 1. The zero-order chi connectivity index (χ0) is 14.8. The highest BCUT2D eigenvalue weighted by Crippen LogP contribution is 2.22. The maximum atomic E-state index is 5.93. The summed E-state index contributed by atoms with van der Waals surface area (Å²) in [7, 11) is 0. The van der Waals surface area contributed by atoms with Crippen molar-refractivity contribution in [2.24, 2.45) is 4.99 Å². The lowest BCUT2D eigenvalue weighted by Gasteiger charge is -2.26. The van der Waals surface area contributed by atoms with Gasteiger partial charge in [0.15, 0.2) is 5.11 Å². The molecule has 0 aromatic heterocycles. The molecule has 0 fully saturated rings. The Bertz CT molecular complexity index is 724.